The van der Waals surface area contributed by atoms with E-state index in [9.17, 15) is 31.1 Å². The number of carbonyl (C=O) groups excluding carboxylic acids is 1. The lowest BCUT2D eigenvalue weighted by Crippen LogP contribution is -2.18. The molecule has 0 saturated carbocycles. The van der Waals surface area contributed by atoms with E-state index >= 15 is 0 Å². The lowest BCUT2D eigenvalue weighted by Gasteiger charge is -2.16. The van der Waals surface area contributed by atoms with Crippen LogP contribution in [-0.4, -0.2) is 24.4 Å². The summed E-state index contributed by atoms with van der Waals surface area (Å²) in [5, 5.41) is 8.92. The maximum absolute atomic E-state index is 12.6. The molecular formula is C13H9F6NO3S. The van der Waals surface area contributed by atoms with Gasteiger partial charge in [-0.2, -0.15) is 18.4 Å². The lowest BCUT2D eigenvalue weighted by atomic mass is 10.1. The maximum atomic E-state index is 12.6. The molecule has 1 aromatic carbocycles. The van der Waals surface area contributed by atoms with Crippen LogP contribution >= 0.6 is 11.8 Å². The molecule has 11 heteroatoms. The number of esters is 1. The lowest BCUT2D eigenvalue weighted by molar-refractivity contribution is -0.274. The molecule has 0 aromatic heterocycles. The number of halogens is 6. The SMILES string of the molecule is CCOC(=O)Cc1cc(OC(F)(F)F)cc(C#N)c1SC(F)(F)F. The fraction of sp³-hybridized carbons (Fsp3) is 0.385. The third-order valence-corrected chi connectivity index (χ3v) is 3.27. The molecule has 0 aliphatic carbocycles. The van der Waals surface area contributed by atoms with Gasteiger partial charge in [-0.05, 0) is 36.4 Å². The van der Waals surface area contributed by atoms with Crippen molar-refractivity contribution in [2.75, 3.05) is 6.61 Å². The van der Waals surface area contributed by atoms with Crippen LogP contribution in [0.3, 0.4) is 0 Å². The summed E-state index contributed by atoms with van der Waals surface area (Å²) < 4.78 is 82.9. The standard InChI is InChI=1S/C13H9F6NO3S/c1-2-22-10(21)5-7-3-9(23-12(14,15)16)4-8(6-20)11(7)24-13(17,18)19/h3-4H,2,5H2,1H3. The van der Waals surface area contributed by atoms with Gasteiger partial charge in [0.2, 0.25) is 0 Å². The third kappa shape index (κ3) is 6.57. The topological polar surface area (TPSA) is 59.3 Å². The Balaban J connectivity index is 3.37. The van der Waals surface area contributed by atoms with Gasteiger partial charge in [-0.15, -0.1) is 13.2 Å². The molecular weight excluding hydrogens is 364 g/mol. The predicted molar refractivity (Wildman–Crippen MR) is 70.1 cm³/mol. The average Bonchev–Trinajstić information content (AvgIpc) is 2.38. The van der Waals surface area contributed by atoms with Gasteiger partial charge in [-0.25, -0.2) is 0 Å². The zero-order chi connectivity index (χ0) is 18.5. The first-order valence-corrected chi connectivity index (χ1v) is 7.01. The van der Waals surface area contributed by atoms with Gasteiger partial charge in [-0.1, -0.05) is 0 Å². The van der Waals surface area contributed by atoms with E-state index in [1.54, 1.807) is 0 Å². The van der Waals surface area contributed by atoms with Gasteiger partial charge >= 0.3 is 17.8 Å². The van der Waals surface area contributed by atoms with E-state index in [-0.39, 0.29) is 6.61 Å². The molecule has 132 valence electrons. The van der Waals surface area contributed by atoms with Gasteiger partial charge in [0.15, 0.2) is 0 Å². The van der Waals surface area contributed by atoms with E-state index < -0.39 is 57.8 Å². The van der Waals surface area contributed by atoms with Crippen LogP contribution in [0.2, 0.25) is 0 Å². The molecule has 0 radical (unpaired) electrons. The number of hydrogen-bond donors (Lipinski definition) is 0. The second kappa shape index (κ2) is 7.65. The van der Waals surface area contributed by atoms with E-state index in [4.69, 9.17) is 5.26 Å². The number of carbonyl (C=O) groups is 1. The summed E-state index contributed by atoms with van der Waals surface area (Å²) in [6, 6.07) is 2.52. The van der Waals surface area contributed by atoms with Crippen molar-refractivity contribution in [1.29, 1.82) is 5.26 Å². The number of thioether (sulfide) groups is 1. The molecule has 0 saturated heterocycles. The van der Waals surface area contributed by atoms with Crippen molar-refractivity contribution >= 4 is 17.7 Å². The second-order valence-corrected chi connectivity index (χ2v) is 5.22. The fourth-order valence-electron chi connectivity index (χ4n) is 1.67. The maximum Gasteiger partial charge on any atom is 0.573 e. The van der Waals surface area contributed by atoms with Gasteiger partial charge in [0, 0.05) is 4.90 Å². The fourth-order valence-corrected chi connectivity index (χ4v) is 2.38. The summed E-state index contributed by atoms with van der Waals surface area (Å²) in [5.41, 5.74) is -5.95. The number of rotatable bonds is 5. The van der Waals surface area contributed by atoms with Crippen LogP contribution < -0.4 is 4.74 Å². The Morgan fingerprint density at radius 3 is 2.33 bits per heavy atom. The van der Waals surface area contributed by atoms with Gasteiger partial charge < -0.3 is 9.47 Å². The second-order valence-electron chi connectivity index (χ2n) is 4.15. The largest absolute Gasteiger partial charge is 0.573 e. The molecule has 0 unspecified atom stereocenters. The van der Waals surface area contributed by atoms with Crippen LogP contribution in [0.1, 0.15) is 18.1 Å². The molecule has 0 amide bonds. The molecule has 0 heterocycles. The first kappa shape index (κ1) is 20.0. The molecule has 0 atom stereocenters. The Morgan fingerprint density at radius 2 is 1.88 bits per heavy atom. The van der Waals surface area contributed by atoms with Crippen molar-refractivity contribution in [3.05, 3.63) is 23.3 Å². The molecule has 0 bridgehead atoms. The molecule has 0 spiro atoms. The zero-order valence-electron chi connectivity index (χ0n) is 11.9. The van der Waals surface area contributed by atoms with Gasteiger partial charge in [-0.3, -0.25) is 4.79 Å². The minimum Gasteiger partial charge on any atom is -0.466 e. The number of benzene rings is 1. The summed E-state index contributed by atoms with van der Waals surface area (Å²) >= 11 is -0.702. The number of alkyl halides is 6. The third-order valence-electron chi connectivity index (χ3n) is 2.35. The molecule has 0 N–H and O–H groups in total. The van der Waals surface area contributed by atoms with Crippen molar-refractivity contribution in [3.8, 4) is 11.8 Å². The summed E-state index contributed by atoms with van der Waals surface area (Å²) in [5.74, 6) is -1.85. The van der Waals surface area contributed by atoms with Crippen LogP contribution in [0.25, 0.3) is 0 Å². The van der Waals surface area contributed by atoms with Crippen LogP contribution in [0.5, 0.6) is 5.75 Å². The monoisotopic (exact) mass is 373 g/mol. The van der Waals surface area contributed by atoms with Crippen molar-refractivity contribution < 1.29 is 40.6 Å². The van der Waals surface area contributed by atoms with E-state index in [2.05, 4.69) is 9.47 Å². The average molecular weight is 373 g/mol. The minimum atomic E-state index is -5.10. The Hall–Kier alpha value is -2.09. The predicted octanol–water partition coefficient (Wildman–Crippen LogP) is 4.17. The summed E-state index contributed by atoms with van der Waals surface area (Å²) in [6.45, 7) is 1.39. The molecule has 24 heavy (non-hydrogen) atoms. The van der Waals surface area contributed by atoms with E-state index in [0.29, 0.717) is 12.1 Å². The highest BCUT2D eigenvalue weighted by atomic mass is 32.2. The molecule has 4 nitrogen and oxygen atoms in total. The van der Waals surface area contributed by atoms with Crippen molar-refractivity contribution in [3.63, 3.8) is 0 Å². The number of hydrogen-bond acceptors (Lipinski definition) is 5. The number of ether oxygens (including phenoxy) is 2. The molecule has 0 aliphatic heterocycles. The van der Waals surface area contributed by atoms with E-state index in [0.717, 1.165) is 0 Å². The normalized spacial score (nSPS) is 11.8. The number of nitriles is 1. The van der Waals surface area contributed by atoms with Crippen LogP contribution in [0.4, 0.5) is 26.3 Å². The first-order valence-electron chi connectivity index (χ1n) is 6.19. The van der Waals surface area contributed by atoms with Crippen LogP contribution in [0.15, 0.2) is 17.0 Å². The van der Waals surface area contributed by atoms with Crippen LogP contribution in [0, 0.1) is 11.3 Å². The summed E-state index contributed by atoms with van der Waals surface area (Å²) in [4.78, 5) is 10.8. The van der Waals surface area contributed by atoms with Gasteiger partial charge in [0.25, 0.3) is 0 Å². The van der Waals surface area contributed by atoms with Crippen molar-refractivity contribution in [1.82, 2.24) is 0 Å². The molecule has 0 fully saturated rings. The Labute approximate surface area is 136 Å². The highest BCUT2D eigenvalue weighted by Crippen LogP contribution is 2.42. The smallest absolute Gasteiger partial charge is 0.466 e. The van der Waals surface area contributed by atoms with Crippen molar-refractivity contribution in [2.45, 2.75) is 30.1 Å². The Kier molecular flexibility index (Phi) is 6.36. The first-order chi connectivity index (χ1) is 10.9. The zero-order valence-corrected chi connectivity index (χ0v) is 12.7. The van der Waals surface area contributed by atoms with Crippen LogP contribution in [-0.2, 0) is 16.0 Å². The van der Waals surface area contributed by atoms with Gasteiger partial charge in [0.1, 0.15) is 11.8 Å². The molecule has 1 aromatic rings. The molecule has 1 rings (SSSR count). The minimum absolute atomic E-state index is 0.0651. The van der Waals surface area contributed by atoms with E-state index in [1.807, 2.05) is 0 Å². The highest BCUT2D eigenvalue weighted by molar-refractivity contribution is 8.00. The highest BCUT2D eigenvalue weighted by Gasteiger charge is 2.35. The van der Waals surface area contributed by atoms with E-state index in [1.165, 1.54) is 13.0 Å². The molecule has 0 aliphatic rings. The summed E-state index contributed by atoms with van der Waals surface area (Å²) in [6.07, 6.45) is -5.84. The summed E-state index contributed by atoms with van der Waals surface area (Å²) in [7, 11) is 0. The Bertz CT molecular complexity index is 651. The van der Waals surface area contributed by atoms with Crippen molar-refractivity contribution in [2.24, 2.45) is 0 Å². The Morgan fingerprint density at radius 1 is 1.25 bits per heavy atom. The quantitative estimate of drug-likeness (QED) is 0.440. The van der Waals surface area contributed by atoms with Gasteiger partial charge in [0.05, 0.1) is 18.6 Å². The number of nitrogens with zero attached hydrogens (tertiary/aromatic N) is 1.